The normalized spacial score (nSPS) is 22.2. The van der Waals surface area contributed by atoms with E-state index in [1.54, 1.807) is 12.1 Å². The molecule has 4 atom stereocenters. The number of hydrogen-bond acceptors (Lipinski definition) is 5. The summed E-state index contributed by atoms with van der Waals surface area (Å²) in [6.07, 6.45) is 1.20. The Kier molecular flexibility index (Phi) is 8.13. The fraction of sp³-hybridized carbons (Fsp3) is 0.619. The van der Waals surface area contributed by atoms with E-state index in [-0.39, 0.29) is 41.4 Å². The van der Waals surface area contributed by atoms with Gasteiger partial charge in [0.05, 0.1) is 0 Å². The molecule has 0 spiro atoms. The van der Waals surface area contributed by atoms with Crippen molar-refractivity contribution in [2.24, 2.45) is 10.9 Å². The molecular formula is C21H35FN6O. The molecule has 5 N–H and O–H groups in total. The summed E-state index contributed by atoms with van der Waals surface area (Å²) >= 11 is 0. The molecule has 7 nitrogen and oxygen atoms in total. The fourth-order valence-electron chi connectivity index (χ4n) is 3.14. The van der Waals surface area contributed by atoms with Crippen LogP contribution >= 0.6 is 0 Å². The molecule has 0 aromatic heterocycles. The smallest absolute Gasteiger partial charge is 0.229 e. The summed E-state index contributed by atoms with van der Waals surface area (Å²) in [4.78, 5) is 17.3. The van der Waals surface area contributed by atoms with Crippen molar-refractivity contribution in [2.75, 3.05) is 7.05 Å². The Bertz CT molecular complexity index is 700. The van der Waals surface area contributed by atoms with Crippen molar-refractivity contribution < 1.29 is 9.18 Å². The molecule has 1 saturated heterocycles. The van der Waals surface area contributed by atoms with Gasteiger partial charge in [0.15, 0.2) is 5.96 Å². The van der Waals surface area contributed by atoms with Crippen LogP contribution in [0.4, 0.5) is 4.39 Å². The average Bonchev–Trinajstić information content (AvgIpc) is 3.09. The van der Waals surface area contributed by atoms with E-state index < -0.39 is 0 Å². The lowest BCUT2D eigenvalue weighted by molar-refractivity contribution is -0.123. The van der Waals surface area contributed by atoms with E-state index in [1.165, 1.54) is 12.1 Å². The summed E-state index contributed by atoms with van der Waals surface area (Å²) < 4.78 is 13.2. The Morgan fingerprint density at radius 3 is 2.48 bits per heavy atom. The zero-order valence-corrected chi connectivity index (χ0v) is 18.3. The number of nitrogens with zero attached hydrogens (tertiary/aromatic N) is 1. The quantitative estimate of drug-likeness (QED) is 0.369. The molecule has 1 heterocycles. The first-order valence-corrected chi connectivity index (χ1v) is 10.2. The number of carbonyl (C=O) groups excluding carboxylic acids is 1. The maximum Gasteiger partial charge on any atom is 0.229 e. The van der Waals surface area contributed by atoms with Gasteiger partial charge in [0.25, 0.3) is 0 Å². The lowest BCUT2D eigenvalue weighted by Gasteiger charge is -2.25. The van der Waals surface area contributed by atoms with Crippen LogP contribution in [0, 0.1) is 11.7 Å². The lowest BCUT2D eigenvalue weighted by Crippen LogP contribution is -2.51. The van der Waals surface area contributed by atoms with E-state index in [0.29, 0.717) is 12.4 Å². The van der Waals surface area contributed by atoms with Gasteiger partial charge in [-0.3, -0.25) is 10.1 Å². The van der Waals surface area contributed by atoms with Crippen molar-refractivity contribution in [2.45, 2.75) is 71.2 Å². The van der Waals surface area contributed by atoms with Gasteiger partial charge in [-0.1, -0.05) is 19.1 Å². The molecule has 2 rings (SSSR count). The van der Waals surface area contributed by atoms with Gasteiger partial charge in [-0.2, -0.15) is 0 Å². The summed E-state index contributed by atoms with van der Waals surface area (Å²) in [6, 6.07) is 6.71. The molecule has 1 fully saturated rings. The van der Waals surface area contributed by atoms with Crippen LogP contribution in [-0.4, -0.2) is 36.7 Å². The number of hydrogen-bond donors (Lipinski definition) is 5. The highest BCUT2D eigenvalue weighted by Crippen LogP contribution is 2.23. The molecule has 1 aliphatic rings. The highest BCUT2D eigenvalue weighted by Gasteiger charge is 2.26. The number of hydrazine groups is 1. The van der Waals surface area contributed by atoms with Gasteiger partial charge in [0.2, 0.25) is 5.91 Å². The van der Waals surface area contributed by atoms with Gasteiger partial charge in [0, 0.05) is 30.0 Å². The van der Waals surface area contributed by atoms with E-state index in [4.69, 9.17) is 0 Å². The second kappa shape index (κ2) is 10.1. The van der Waals surface area contributed by atoms with Crippen LogP contribution in [-0.2, 0) is 4.79 Å². The van der Waals surface area contributed by atoms with Crippen LogP contribution in [0.2, 0.25) is 0 Å². The summed E-state index contributed by atoms with van der Waals surface area (Å²) in [5, 5.41) is 9.39. The molecule has 0 radical (unpaired) electrons. The zero-order chi connectivity index (χ0) is 21.6. The number of benzene rings is 1. The first-order valence-electron chi connectivity index (χ1n) is 10.2. The molecule has 4 unspecified atom stereocenters. The molecule has 1 aliphatic heterocycles. The van der Waals surface area contributed by atoms with Crippen LogP contribution in [0.3, 0.4) is 0 Å². The van der Waals surface area contributed by atoms with E-state index >= 15 is 0 Å². The number of rotatable bonds is 6. The predicted octanol–water partition coefficient (Wildman–Crippen LogP) is 2.19. The summed E-state index contributed by atoms with van der Waals surface area (Å²) in [5.74, 6) is -0.0180. The molecule has 0 saturated carbocycles. The summed E-state index contributed by atoms with van der Waals surface area (Å²) in [6.45, 7) is 10.0. The van der Waals surface area contributed by atoms with Crippen LogP contribution in [0.25, 0.3) is 0 Å². The van der Waals surface area contributed by atoms with E-state index in [2.05, 4.69) is 38.7 Å². The standard InChI is InChI=1S/C21H35FN6O/c1-13(11-14(2)23-6)19(29)25-20(26-21(3,4)5)24-18-12-17(27-28-18)15-7-9-16(22)10-8-15/h7-10,13-14,17-18,23,27-28H,11-12H2,1-6H3,(H2,24,25,26,29). The second-order valence-electron chi connectivity index (χ2n) is 8.81. The molecule has 1 aromatic carbocycles. The molecule has 8 heteroatoms. The Hall–Kier alpha value is -2.03. The van der Waals surface area contributed by atoms with E-state index in [0.717, 1.165) is 12.0 Å². The maximum atomic E-state index is 13.2. The monoisotopic (exact) mass is 406 g/mol. The molecule has 0 bridgehead atoms. The number of aliphatic imine (C=N–C) groups is 1. The van der Waals surface area contributed by atoms with Crippen molar-refractivity contribution in [1.82, 2.24) is 26.8 Å². The first-order chi connectivity index (χ1) is 13.6. The highest BCUT2D eigenvalue weighted by molar-refractivity contribution is 5.98. The van der Waals surface area contributed by atoms with Crippen molar-refractivity contribution in [3.05, 3.63) is 35.6 Å². The number of amides is 1. The van der Waals surface area contributed by atoms with Gasteiger partial charge >= 0.3 is 0 Å². The Morgan fingerprint density at radius 2 is 1.90 bits per heavy atom. The molecule has 29 heavy (non-hydrogen) atoms. The lowest BCUT2D eigenvalue weighted by atomic mass is 10.0. The fourth-order valence-corrected chi connectivity index (χ4v) is 3.14. The first kappa shape index (κ1) is 23.3. The van der Waals surface area contributed by atoms with Gasteiger partial charge in [-0.15, -0.1) is 0 Å². The van der Waals surface area contributed by atoms with Gasteiger partial charge in [0.1, 0.15) is 12.0 Å². The van der Waals surface area contributed by atoms with Crippen LogP contribution in [0.15, 0.2) is 29.3 Å². The number of carbonyl (C=O) groups is 1. The Balaban J connectivity index is 2.06. The largest absolute Gasteiger partial charge is 0.351 e. The number of guanidine groups is 1. The highest BCUT2D eigenvalue weighted by atomic mass is 19.1. The van der Waals surface area contributed by atoms with E-state index in [9.17, 15) is 9.18 Å². The van der Waals surface area contributed by atoms with Gasteiger partial charge in [-0.05, 0) is 58.9 Å². The SMILES string of the molecule is CNC(C)CC(C)C(=O)NC(=NC1CC(c2ccc(F)cc2)NN1)NC(C)(C)C. The summed E-state index contributed by atoms with van der Waals surface area (Å²) in [5.41, 5.74) is 7.07. The number of nitrogens with one attached hydrogen (secondary N) is 5. The predicted molar refractivity (Wildman–Crippen MR) is 115 cm³/mol. The number of halogens is 1. The molecule has 0 aliphatic carbocycles. The van der Waals surface area contributed by atoms with Crippen LogP contribution in [0.5, 0.6) is 0 Å². The third-order valence-electron chi connectivity index (χ3n) is 4.82. The molecular weight excluding hydrogens is 371 g/mol. The molecule has 162 valence electrons. The van der Waals surface area contributed by atoms with Crippen molar-refractivity contribution in [3.63, 3.8) is 0 Å². The van der Waals surface area contributed by atoms with E-state index in [1.807, 2.05) is 34.7 Å². The second-order valence-corrected chi connectivity index (χ2v) is 8.81. The van der Waals surface area contributed by atoms with Crippen molar-refractivity contribution in [3.8, 4) is 0 Å². The minimum atomic E-state index is -0.254. The van der Waals surface area contributed by atoms with Gasteiger partial charge < -0.3 is 10.6 Å². The van der Waals surface area contributed by atoms with Gasteiger partial charge in [-0.25, -0.2) is 20.2 Å². The van der Waals surface area contributed by atoms with Crippen molar-refractivity contribution >= 4 is 11.9 Å². The molecule has 1 amide bonds. The summed E-state index contributed by atoms with van der Waals surface area (Å²) in [7, 11) is 1.89. The third kappa shape index (κ3) is 7.72. The Labute approximate surface area is 173 Å². The van der Waals surface area contributed by atoms with Crippen molar-refractivity contribution in [1.29, 1.82) is 0 Å². The van der Waals surface area contributed by atoms with Crippen LogP contribution < -0.4 is 26.8 Å². The topological polar surface area (TPSA) is 89.6 Å². The minimum absolute atomic E-state index is 0.0198. The Morgan fingerprint density at radius 1 is 1.24 bits per heavy atom. The van der Waals surface area contributed by atoms with Crippen LogP contribution in [0.1, 0.15) is 59.1 Å². The molecule has 1 aromatic rings. The maximum absolute atomic E-state index is 13.2. The zero-order valence-electron chi connectivity index (χ0n) is 18.3. The minimum Gasteiger partial charge on any atom is -0.351 e. The third-order valence-corrected chi connectivity index (χ3v) is 4.82. The average molecular weight is 407 g/mol.